The van der Waals surface area contributed by atoms with Gasteiger partial charge in [-0.25, -0.2) is 8.78 Å². The van der Waals surface area contributed by atoms with E-state index in [1.54, 1.807) is 4.90 Å². The van der Waals surface area contributed by atoms with Crippen molar-refractivity contribution in [3.63, 3.8) is 0 Å². The van der Waals surface area contributed by atoms with Crippen LogP contribution in [0.3, 0.4) is 0 Å². The molecule has 0 spiro atoms. The molecule has 2 rings (SSSR count). The lowest BCUT2D eigenvalue weighted by atomic mass is 10.2. The van der Waals surface area contributed by atoms with Crippen molar-refractivity contribution in [2.75, 3.05) is 31.1 Å². The molecule has 1 saturated heterocycles. The summed E-state index contributed by atoms with van der Waals surface area (Å²) in [6.07, 6.45) is 0.574. The van der Waals surface area contributed by atoms with E-state index in [0.29, 0.717) is 19.5 Å². The highest BCUT2D eigenvalue weighted by molar-refractivity contribution is 5.85. The number of carbonyl (C=O) groups is 2. The number of hydrogen-bond donors (Lipinski definition) is 3. The second-order valence-corrected chi connectivity index (χ2v) is 5.05. The number of rotatable bonds is 5. The summed E-state index contributed by atoms with van der Waals surface area (Å²) in [5, 5.41) is 5.07. The van der Waals surface area contributed by atoms with E-state index in [1.165, 1.54) is 18.2 Å². The summed E-state index contributed by atoms with van der Waals surface area (Å²) in [5.41, 5.74) is 5.04. The molecule has 0 bridgehead atoms. The molecule has 6 nitrogen and oxygen atoms in total. The van der Waals surface area contributed by atoms with E-state index in [4.69, 9.17) is 5.73 Å². The van der Waals surface area contributed by atoms with E-state index in [1.807, 2.05) is 0 Å². The molecule has 22 heavy (non-hydrogen) atoms. The quantitative estimate of drug-likeness (QED) is 0.699. The van der Waals surface area contributed by atoms with Gasteiger partial charge in [-0.1, -0.05) is 6.07 Å². The number of amides is 2. The summed E-state index contributed by atoms with van der Waals surface area (Å²) < 4.78 is 27.4. The molecule has 1 aliphatic heterocycles. The Kier molecular flexibility index (Phi) is 5.26. The van der Waals surface area contributed by atoms with Crippen molar-refractivity contribution in [3.05, 3.63) is 29.8 Å². The van der Waals surface area contributed by atoms with E-state index >= 15 is 0 Å². The molecule has 1 aliphatic rings. The molecule has 1 atom stereocenters. The Bertz CT molecular complexity index is 548. The largest absolute Gasteiger partial charge is 0.365 e. The van der Waals surface area contributed by atoms with Crippen LogP contribution in [0, 0.1) is 11.6 Å². The second kappa shape index (κ2) is 7.17. The zero-order valence-electron chi connectivity index (χ0n) is 11.9. The van der Waals surface area contributed by atoms with Crippen molar-refractivity contribution in [1.82, 2.24) is 10.6 Å². The molecule has 0 aliphatic carbocycles. The van der Waals surface area contributed by atoms with Crippen molar-refractivity contribution in [3.8, 4) is 0 Å². The van der Waals surface area contributed by atoms with Crippen LogP contribution >= 0.6 is 0 Å². The first kappa shape index (κ1) is 16.2. The monoisotopic (exact) mass is 312 g/mol. The molecule has 1 aromatic rings. The van der Waals surface area contributed by atoms with Crippen molar-refractivity contribution in [2.24, 2.45) is 5.73 Å². The van der Waals surface area contributed by atoms with Crippen LogP contribution in [-0.4, -0.2) is 44.0 Å². The predicted octanol–water partition coefficient (Wildman–Crippen LogP) is -0.265. The molecule has 0 aromatic heterocycles. The van der Waals surface area contributed by atoms with Gasteiger partial charge in [0.2, 0.25) is 11.8 Å². The number of nitrogens with zero attached hydrogens (tertiary/aromatic N) is 1. The van der Waals surface area contributed by atoms with Gasteiger partial charge in [0.05, 0.1) is 13.1 Å². The number of halogens is 2. The van der Waals surface area contributed by atoms with E-state index in [0.717, 1.165) is 0 Å². The van der Waals surface area contributed by atoms with Gasteiger partial charge in [-0.3, -0.25) is 9.59 Å². The van der Waals surface area contributed by atoms with Gasteiger partial charge in [-0.15, -0.1) is 0 Å². The van der Waals surface area contributed by atoms with Crippen LogP contribution in [0.1, 0.15) is 6.42 Å². The van der Waals surface area contributed by atoms with Gasteiger partial charge in [0.15, 0.2) is 0 Å². The van der Waals surface area contributed by atoms with E-state index in [2.05, 4.69) is 10.6 Å². The highest BCUT2D eigenvalue weighted by Crippen LogP contribution is 2.26. The van der Waals surface area contributed by atoms with Gasteiger partial charge in [0.25, 0.3) is 0 Å². The molecular formula is C14H18F2N4O2. The fourth-order valence-corrected chi connectivity index (χ4v) is 2.40. The summed E-state index contributed by atoms with van der Waals surface area (Å²) in [5.74, 6) is -2.02. The third-order valence-electron chi connectivity index (χ3n) is 3.44. The first-order chi connectivity index (χ1) is 10.5. The topological polar surface area (TPSA) is 87.5 Å². The van der Waals surface area contributed by atoms with E-state index in [-0.39, 0.29) is 30.7 Å². The average molecular weight is 312 g/mol. The molecule has 120 valence electrons. The van der Waals surface area contributed by atoms with Gasteiger partial charge < -0.3 is 21.3 Å². The van der Waals surface area contributed by atoms with Crippen LogP contribution < -0.4 is 21.3 Å². The van der Waals surface area contributed by atoms with Gasteiger partial charge in [-0.2, -0.15) is 0 Å². The Morgan fingerprint density at radius 2 is 1.95 bits per heavy atom. The first-order valence-corrected chi connectivity index (χ1v) is 6.96. The second-order valence-electron chi connectivity index (χ2n) is 5.05. The Hall–Kier alpha value is -2.22. The highest BCUT2D eigenvalue weighted by Gasteiger charge is 2.27. The van der Waals surface area contributed by atoms with Crippen molar-refractivity contribution >= 4 is 17.5 Å². The number of benzene rings is 1. The molecule has 1 fully saturated rings. The lowest BCUT2D eigenvalue weighted by Crippen LogP contribution is -2.44. The minimum Gasteiger partial charge on any atom is -0.365 e. The fourth-order valence-electron chi connectivity index (χ4n) is 2.40. The highest BCUT2D eigenvalue weighted by atomic mass is 19.1. The fraction of sp³-hybridized carbons (Fsp3) is 0.429. The molecule has 1 aromatic carbocycles. The lowest BCUT2D eigenvalue weighted by molar-refractivity contribution is -0.125. The third-order valence-corrected chi connectivity index (χ3v) is 3.44. The minimum absolute atomic E-state index is 0.0734. The maximum atomic E-state index is 13.7. The molecule has 0 saturated carbocycles. The first-order valence-electron chi connectivity index (χ1n) is 6.96. The molecule has 8 heteroatoms. The van der Waals surface area contributed by atoms with Crippen molar-refractivity contribution in [2.45, 2.75) is 12.5 Å². The molecule has 4 N–H and O–H groups in total. The number of nitrogens with one attached hydrogen (secondary N) is 2. The summed E-state index contributed by atoms with van der Waals surface area (Å²) in [7, 11) is 0. The lowest BCUT2D eigenvalue weighted by Gasteiger charge is -2.20. The van der Waals surface area contributed by atoms with Gasteiger partial charge in [0, 0.05) is 19.1 Å². The molecule has 2 amide bonds. The smallest absolute Gasteiger partial charge is 0.239 e. The number of para-hydroxylation sites is 1. The number of carbonyl (C=O) groups excluding carboxylic acids is 2. The molecule has 1 heterocycles. The van der Waals surface area contributed by atoms with Crippen LogP contribution in [0.15, 0.2) is 18.2 Å². The van der Waals surface area contributed by atoms with Crippen molar-refractivity contribution < 1.29 is 18.4 Å². The molecular weight excluding hydrogens is 294 g/mol. The van der Waals surface area contributed by atoms with Crippen LogP contribution in [0.4, 0.5) is 14.5 Å². The zero-order chi connectivity index (χ0) is 16.1. The van der Waals surface area contributed by atoms with Gasteiger partial charge in [0.1, 0.15) is 17.3 Å². The van der Waals surface area contributed by atoms with Crippen LogP contribution in [0.25, 0.3) is 0 Å². The Morgan fingerprint density at radius 1 is 1.27 bits per heavy atom. The minimum atomic E-state index is -0.623. The third kappa shape index (κ3) is 3.91. The molecule has 0 radical (unpaired) electrons. The molecule has 1 unspecified atom stereocenters. The predicted molar refractivity (Wildman–Crippen MR) is 77.2 cm³/mol. The summed E-state index contributed by atoms with van der Waals surface area (Å²) in [6, 6.07) is 3.49. The van der Waals surface area contributed by atoms with Crippen LogP contribution in [-0.2, 0) is 9.59 Å². The van der Waals surface area contributed by atoms with Crippen molar-refractivity contribution in [1.29, 1.82) is 0 Å². The maximum absolute atomic E-state index is 13.7. The van der Waals surface area contributed by atoms with E-state index in [9.17, 15) is 18.4 Å². The standard InChI is InChI=1S/C14H18F2N4O2/c15-10-2-1-3-11(16)14(10)20-5-4-9(8-20)19-13(22)7-18-12(21)6-17/h1-3,9H,4-8,17H2,(H,18,21)(H,19,22). The average Bonchev–Trinajstić information content (AvgIpc) is 2.92. The number of hydrogen-bond acceptors (Lipinski definition) is 4. The zero-order valence-corrected chi connectivity index (χ0v) is 11.9. The summed E-state index contributed by atoms with van der Waals surface area (Å²) in [6.45, 7) is 0.407. The SMILES string of the molecule is NCC(=O)NCC(=O)NC1CCN(c2c(F)cccc2F)C1. The van der Waals surface area contributed by atoms with Crippen LogP contribution in [0.5, 0.6) is 0 Å². The number of anilines is 1. The Morgan fingerprint density at radius 3 is 2.59 bits per heavy atom. The van der Waals surface area contributed by atoms with Gasteiger partial charge >= 0.3 is 0 Å². The maximum Gasteiger partial charge on any atom is 0.239 e. The summed E-state index contributed by atoms with van der Waals surface area (Å²) in [4.78, 5) is 24.2. The number of nitrogens with two attached hydrogens (primary N) is 1. The normalized spacial score (nSPS) is 17.4. The Balaban J connectivity index is 1.88. The van der Waals surface area contributed by atoms with Crippen LogP contribution in [0.2, 0.25) is 0 Å². The Labute approximate surface area is 126 Å². The summed E-state index contributed by atoms with van der Waals surface area (Å²) >= 11 is 0. The van der Waals surface area contributed by atoms with Gasteiger partial charge in [-0.05, 0) is 18.6 Å². The van der Waals surface area contributed by atoms with E-state index < -0.39 is 17.5 Å².